The highest BCUT2D eigenvalue weighted by Gasteiger charge is 2.64. The molecule has 3 aromatic rings. The van der Waals surface area contributed by atoms with Crippen LogP contribution in [0.4, 0.5) is 18.9 Å². The van der Waals surface area contributed by atoms with Crippen LogP contribution in [0.5, 0.6) is 11.5 Å². The summed E-state index contributed by atoms with van der Waals surface area (Å²) in [5.41, 5.74) is -0.469. The molecule has 0 aromatic heterocycles. The number of Topliss-reactive ketones (excluding diaryl/α,β-unsaturated/α-hetero) is 1. The molecule has 0 radical (unpaired) electrons. The third kappa shape index (κ3) is 2.93. The minimum Gasteiger partial charge on any atom is -0.504 e. The molecular formula is C25H19F3N2O4. The molecule has 1 spiro atoms. The van der Waals surface area contributed by atoms with Crippen LogP contribution in [0.15, 0.2) is 54.6 Å². The molecule has 6 nitrogen and oxygen atoms in total. The Morgan fingerprint density at radius 1 is 1.03 bits per heavy atom. The lowest BCUT2D eigenvalue weighted by Gasteiger charge is -2.35. The number of amides is 1. The number of fused-ring (bicyclic) bond motifs is 2. The molecule has 1 amide bonds. The number of benzene rings is 3. The highest BCUT2D eigenvalue weighted by molar-refractivity contribution is 6.12. The Labute approximate surface area is 192 Å². The van der Waals surface area contributed by atoms with Gasteiger partial charge in [-0.25, -0.2) is 13.2 Å². The summed E-state index contributed by atoms with van der Waals surface area (Å²) < 4.78 is 41.7. The number of hydrogen-bond acceptors (Lipinski definition) is 5. The van der Waals surface area contributed by atoms with Crippen molar-refractivity contribution in [3.05, 3.63) is 88.7 Å². The second-order valence-electron chi connectivity index (χ2n) is 8.60. The van der Waals surface area contributed by atoms with Crippen LogP contribution in [-0.2, 0) is 10.3 Å². The van der Waals surface area contributed by atoms with E-state index in [-0.39, 0.29) is 12.3 Å². The third-order valence-corrected chi connectivity index (χ3v) is 6.84. The fourth-order valence-electron chi connectivity index (χ4n) is 5.34. The van der Waals surface area contributed by atoms with Crippen molar-refractivity contribution in [1.82, 2.24) is 4.90 Å². The molecule has 2 heterocycles. The maximum atomic E-state index is 14.0. The van der Waals surface area contributed by atoms with E-state index in [4.69, 9.17) is 0 Å². The predicted octanol–water partition coefficient (Wildman–Crippen LogP) is 3.89. The molecule has 0 aliphatic carbocycles. The number of carbonyl (C=O) groups excluding carboxylic acids is 2. The summed E-state index contributed by atoms with van der Waals surface area (Å²) in [6, 6.07) is 12.1. The van der Waals surface area contributed by atoms with Crippen LogP contribution < -0.4 is 5.32 Å². The van der Waals surface area contributed by atoms with E-state index >= 15 is 0 Å². The van der Waals surface area contributed by atoms with E-state index in [0.717, 1.165) is 0 Å². The van der Waals surface area contributed by atoms with Crippen LogP contribution >= 0.6 is 0 Å². The van der Waals surface area contributed by atoms with Gasteiger partial charge in [-0.3, -0.25) is 14.5 Å². The van der Waals surface area contributed by atoms with Crippen LogP contribution in [0.2, 0.25) is 0 Å². The Balaban J connectivity index is 1.75. The van der Waals surface area contributed by atoms with Gasteiger partial charge in [0, 0.05) is 29.3 Å². The van der Waals surface area contributed by atoms with E-state index in [2.05, 4.69) is 5.32 Å². The summed E-state index contributed by atoms with van der Waals surface area (Å²) in [6.45, 7) is 0.175. The number of phenols is 2. The van der Waals surface area contributed by atoms with Gasteiger partial charge in [0.25, 0.3) is 0 Å². The number of hydrogen-bond donors (Lipinski definition) is 3. The van der Waals surface area contributed by atoms with Crippen LogP contribution in [0.25, 0.3) is 0 Å². The van der Waals surface area contributed by atoms with Crippen molar-refractivity contribution < 1.29 is 33.0 Å². The highest BCUT2D eigenvalue weighted by atomic mass is 19.2. The van der Waals surface area contributed by atoms with E-state index in [1.54, 1.807) is 36.2 Å². The highest BCUT2D eigenvalue weighted by Crippen LogP contribution is 2.56. The molecular weight excluding hydrogens is 449 g/mol. The van der Waals surface area contributed by atoms with Crippen LogP contribution in [0.1, 0.15) is 27.4 Å². The number of nitrogens with zero attached hydrogens (tertiary/aromatic N) is 1. The van der Waals surface area contributed by atoms with E-state index in [1.165, 1.54) is 18.2 Å². The zero-order chi connectivity index (χ0) is 24.4. The van der Waals surface area contributed by atoms with Gasteiger partial charge in [0.05, 0.1) is 5.92 Å². The molecule has 1 saturated heterocycles. The normalized spacial score (nSPS) is 23.8. The summed E-state index contributed by atoms with van der Waals surface area (Å²) in [7, 11) is 1.66. The average molecular weight is 468 g/mol. The van der Waals surface area contributed by atoms with Gasteiger partial charge in [-0.1, -0.05) is 24.3 Å². The first-order valence-electron chi connectivity index (χ1n) is 10.5. The maximum absolute atomic E-state index is 14.0. The molecule has 2 aliphatic rings. The summed E-state index contributed by atoms with van der Waals surface area (Å²) in [4.78, 5) is 29.1. The second kappa shape index (κ2) is 7.59. The third-order valence-electron chi connectivity index (χ3n) is 6.84. The molecule has 9 heteroatoms. The molecule has 3 N–H and O–H groups in total. The van der Waals surface area contributed by atoms with Gasteiger partial charge in [-0.05, 0) is 42.9 Å². The van der Waals surface area contributed by atoms with Crippen molar-refractivity contribution in [1.29, 1.82) is 0 Å². The molecule has 3 aromatic carbocycles. The van der Waals surface area contributed by atoms with Crippen LogP contribution in [0, 0.1) is 23.4 Å². The largest absolute Gasteiger partial charge is 0.504 e. The summed E-state index contributed by atoms with van der Waals surface area (Å²) in [5.74, 6) is -8.64. The Kier molecular flexibility index (Phi) is 4.91. The number of likely N-dealkylation sites (tertiary alicyclic amines) is 1. The standard InChI is InChI=1S/C25H19F3N2O4/c1-30-11-14(12-6-7-19(31)20(32)10-12)21(23(33)13-8-16(26)22(28)17(27)9-13)25(30)15-4-2-3-5-18(15)29-24(25)34/h2-10,14,21,31-32H,11H2,1H3,(H,29,34). The second-order valence-corrected chi connectivity index (χ2v) is 8.60. The van der Waals surface area contributed by atoms with Crippen molar-refractivity contribution >= 4 is 17.4 Å². The fraction of sp³-hybridized carbons (Fsp3) is 0.200. The van der Waals surface area contributed by atoms with Crippen molar-refractivity contribution in [2.45, 2.75) is 11.5 Å². The zero-order valence-corrected chi connectivity index (χ0v) is 17.8. The van der Waals surface area contributed by atoms with E-state index in [1.807, 2.05) is 0 Å². The summed E-state index contributed by atoms with van der Waals surface area (Å²) in [6.07, 6.45) is 0. The van der Waals surface area contributed by atoms with E-state index in [9.17, 15) is 33.0 Å². The topological polar surface area (TPSA) is 89.9 Å². The summed E-state index contributed by atoms with van der Waals surface area (Å²) in [5, 5.41) is 22.6. The van der Waals surface area contributed by atoms with Gasteiger partial charge in [-0.15, -0.1) is 0 Å². The number of ketones is 1. The number of carbonyl (C=O) groups is 2. The number of aromatic hydroxyl groups is 2. The first-order chi connectivity index (χ1) is 16.2. The Morgan fingerprint density at radius 3 is 2.38 bits per heavy atom. The fourth-order valence-corrected chi connectivity index (χ4v) is 5.34. The number of anilines is 1. The molecule has 0 saturated carbocycles. The van der Waals surface area contributed by atoms with E-state index in [0.29, 0.717) is 28.9 Å². The van der Waals surface area contributed by atoms with Gasteiger partial charge >= 0.3 is 0 Å². The first kappa shape index (κ1) is 22.0. The van der Waals surface area contributed by atoms with Gasteiger partial charge in [-0.2, -0.15) is 0 Å². The Morgan fingerprint density at radius 2 is 1.71 bits per heavy atom. The quantitative estimate of drug-likeness (QED) is 0.308. The van der Waals surface area contributed by atoms with Crippen molar-refractivity contribution in [2.24, 2.45) is 5.92 Å². The monoisotopic (exact) mass is 468 g/mol. The number of halogens is 3. The zero-order valence-electron chi connectivity index (χ0n) is 17.8. The van der Waals surface area contributed by atoms with E-state index < -0.39 is 57.8 Å². The van der Waals surface area contributed by atoms with Crippen LogP contribution in [0.3, 0.4) is 0 Å². The molecule has 174 valence electrons. The number of nitrogens with one attached hydrogen (secondary N) is 1. The molecule has 3 atom stereocenters. The maximum Gasteiger partial charge on any atom is 0.250 e. The summed E-state index contributed by atoms with van der Waals surface area (Å²) >= 11 is 0. The lowest BCUT2D eigenvalue weighted by Crippen LogP contribution is -2.51. The lowest BCUT2D eigenvalue weighted by atomic mass is 9.70. The number of rotatable bonds is 3. The molecule has 5 rings (SSSR count). The number of likely N-dealkylation sites (N-methyl/N-ethyl adjacent to an activating group) is 1. The van der Waals surface area contributed by atoms with Gasteiger partial charge in [0.2, 0.25) is 5.91 Å². The van der Waals surface area contributed by atoms with Crippen LogP contribution in [-0.4, -0.2) is 40.4 Å². The molecule has 1 fully saturated rings. The van der Waals surface area contributed by atoms with Gasteiger partial charge < -0.3 is 15.5 Å². The minimum atomic E-state index is -1.70. The first-order valence-corrected chi connectivity index (χ1v) is 10.5. The SMILES string of the molecule is CN1CC(c2ccc(O)c(O)c2)C(C(=O)c2cc(F)c(F)c(F)c2)C12C(=O)Nc1ccccc12. The lowest BCUT2D eigenvalue weighted by molar-refractivity contribution is -0.126. The van der Waals surface area contributed by atoms with Crippen molar-refractivity contribution in [3.8, 4) is 11.5 Å². The average Bonchev–Trinajstić information content (AvgIpc) is 3.28. The molecule has 2 aliphatic heterocycles. The molecule has 0 bridgehead atoms. The Hall–Kier alpha value is -3.85. The predicted molar refractivity (Wildman–Crippen MR) is 116 cm³/mol. The smallest absolute Gasteiger partial charge is 0.250 e. The number of phenolic OH excluding ortho intramolecular Hbond substituents is 2. The number of para-hydroxylation sites is 1. The van der Waals surface area contributed by atoms with Gasteiger partial charge in [0.1, 0.15) is 5.54 Å². The molecule has 3 unspecified atom stereocenters. The molecule has 34 heavy (non-hydrogen) atoms. The van der Waals surface area contributed by atoms with Crippen molar-refractivity contribution in [3.63, 3.8) is 0 Å². The van der Waals surface area contributed by atoms with Crippen molar-refractivity contribution in [2.75, 3.05) is 18.9 Å². The van der Waals surface area contributed by atoms with Gasteiger partial charge in [0.15, 0.2) is 34.7 Å². The Bertz CT molecular complexity index is 1340. The minimum absolute atomic E-state index is 0.175.